The molecule has 178 valence electrons. The van der Waals surface area contributed by atoms with Crippen LogP contribution >= 0.6 is 0 Å². The van der Waals surface area contributed by atoms with Crippen molar-refractivity contribution >= 4 is 5.82 Å². The second-order valence-corrected chi connectivity index (χ2v) is 7.91. The predicted octanol–water partition coefficient (Wildman–Crippen LogP) is 3.35. The van der Waals surface area contributed by atoms with E-state index in [4.69, 9.17) is 5.26 Å². The lowest BCUT2D eigenvalue weighted by Crippen LogP contribution is -2.41. The summed E-state index contributed by atoms with van der Waals surface area (Å²) < 4.78 is 43.6. The van der Waals surface area contributed by atoms with Crippen molar-refractivity contribution in [2.75, 3.05) is 19.0 Å². The monoisotopic (exact) mass is 480 g/mol. The minimum atomic E-state index is -4.62. The third-order valence-electron chi connectivity index (χ3n) is 5.43. The molecule has 0 radical (unpaired) electrons. The zero-order valence-corrected chi connectivity index (χ0v) is 18.9. The number of nitrogens with zero attached hydrogens (tertiary/aromatic N) is 6. The smallest absolute Gasteiger partial charge is 0.363 e. The van der Waals surface area contributed by atoms with E-state index in [1.165, 1.54) is 35.0 Å². The first-order valence-corrected chi connectivity index (χ1v) is 10.3. The molecule has 0 aliphatic heterocycles. The molecule has 4 rings (SSSR count). The standard InChI is InChI=1S/C24H19F3N6O2/c1-30(2)21-20(19-11-12-29-33(19)17-9-7-15(14-28)8-10-17)22(34)31(3)23(35)32(21)18-6-4-5-16(13-18)24(25,26)27/h4-13H,1-3H3. The van der Waals surface area contributed by atoms with Crippen molar-refractivity contribution in [3.8, 4) is 28.7 Å². The highest BCUT2D eigenvalue weighted by Crippen LogP contribution is 2.33. The van der Waals surface area contributed by atoms with E-state index in [9.17, 15) is 22.8 Å². The fourth-order valence-electron chi connectivity index (χ4n) is 3.78. The van der Waals surface area contributed by atoms with Gasteiger partial charge in [0.2, 0.25) is 0 Å². The summed E-state index contributed by atoms with van der Waals surface area (Å²) in [5.74, 6) is 0.0906. The van der Waals surface area contributed by atoms with Crippen LogP contribution in [-0.2, 0) is 13.2 Å². The lowest BCUT2D eigenvalue weighted by atomic mass is 10.1. The quantitative estimate of drug-likeness (QED) is 0.447. The molecule has 0 aliphatic rings. The molecule has 0 N–H and O–H groups in total. The fraction of sp³-hybridized carbons (Fsp3) is 0.167. The summed E-state index contributed by atoms with van der Waals surface area (Å²) >= 11 is 0. The van der Waals surface area contributed by atoms with Gasteiger partial charge in [-0.1, -0.05) is 6.07 Å². The zero-order valence-electron chi connectivity index (χ0n) is 18.9. The van der Waals surface area contributed by atoms with Gasteiger partial charge in [-0.25, -0.2) is 14.0 Å². The number of aromatic nitrogens is 4. The molecule has 11 heteroatoms. The first kappa shape index (κ1) is 23.6. The van der Waals surface area contributed by atoms with Crippen molar-refractivity contribution in [1.29, 1.82) is 5.26 Å². The van der Waals surface area contributed by atoms with Gasteiger partial charge in [0.1, 0.15) is 11.4 Å². The second kappa shape index (κ2) is 8.64. The Balaban J connectivity index is 2.06. The average Bonchev–Trinajstić information content (AvgIpc) is 3.31. The van der Waals surface area contributed by atoms with Gasteiger partial charge in [-0.05, 0) is 48.5 Å². The molecule has 35 heavy (non-hydrogen) atoms. The van der Waals surface area contributed by atoms with E-state index in [1.54, 1.807) is 44.4 Å². The van der Waals surface area contributed by atoms with Gasteiger partial charge >= 0.3 is 11.9 Å². The summed E-state index contributed by atoms with van der Waals surface area (Å²) in [5.41, 5.74) is -1.04. The number of benzene rings is 2. The Hall–Kier alpha value is -4.59. The predicted molar refractivity (Wildman–Crippen MR) is 124 cm³/mol. The Kier molecular flexibility index (Phi) is 5.82. The Labute approximate surface area is 197 Å². The molecule has 2 heterocycles. The Morgan fingerprint density at radius 1 is 1.00 bits per heavy atom. The van der Waals surface area contributed by atoms with E-state index in [-0.39, 0.29) is 17.1 Å². The Morgan fingerprint density at radius 3 is 2.29 bits per heavy atom. The van der Waals surface area contributed by atoms with Crippen LogP contribution in [0.1, 0.15) is 11.1 Å². The van der Waals surface area contributed by atoms with Gasteiger partial charge in [-0.15, -0.1) is 0 Å². The van der Waals surface area contributed by atoms with E-state index in [2.05, 4.69) is 5.10 Å². The van der Waals surface area contributed by atoms with Crippen molar-refractivity contribution < 1.29 is 13.2 Å². The molecule has 2 aromatic carbocycles. The van der Waals surface area contributed by atoms with Gasteiger partial charge in [-0.2, -0.15) is 23.5 Å². The molecule has 0 saturated carbocycles. The molecule has 4 aromatic rings. The lowest BCUT2D eigenvalue weighted by Gasteiger charge is -2.24. The van der Waals surface area contributed by atoms with Crippen LogP contribution in [0.4, 0.5) is 19.0 Å². The molecular formula is C24H19F3N6O2. The number of alkyl halides is 3. The van der Waals surface area contributed by atoms with Gasteiger partial charge in [0.05, 0.1) is 40.5 Å². The molecule has 0 atom stereocenters. The summed E-state index contributed by atoms with van der Waals surface area (Å²) in [6.07, 6.45) is -3.15. The van der Waals surface area contributed by atoms with Crippen molar-refractivity contribution in [1.82, 2.24) is 18.9 Å². The lowest BCUT2D eigenvalue weighted by molar-refractivity contribution is -0.137. The third-order valence-corrected chi connectivity index (χ3v) is 5.43. The molecule has 2 aromatic heterocycles. The van der Waals surface area contributed by atoms with E-state index in [0.717, 1.165) is 21.3 Å². The molecule has 0 unspecified atom stereocenters. The summed E-state index contributed by atoms with van der Waals surface area (Å²) in [6.45, 7) is 0. The largest absolute Gasteiger partial charge is 0.416 e. The maximum absolute atomic E-state index is 13.4. The first-order chi connectivity index (χ1) is 16.5. The SMILES string of the molecule is CN(C)c1c(-c2ccnn2-c2ccc(C#N)cc2)c(=O)n(C)c(=O)n1-c1cccc(C(F)(F)F)c1. The highest BCUT2D eigenvalue weighted by molar-refractivity contribution is 5.75. The van der Waals surface area contributed by atoms with Crippen LogP contribution in [0.2, 0.25) is 0 Å². The van der Waals surface area contributed by atoms with E-state index >= 15 is 0 Å². The van der Waals surface area contributed by atoms with Gasteiger partial charge < -0.3 is 4.90 Å². The number of rotatable bonds is 4. The molecule has 0 fully saturated rings. The van der Waals surface area contributed by atoms with Crippen LogP contribution in [0.3, 0.4) is 0 Å². The third kappa shape index (κ3) is 4.10. The molecular weight excluding hydrogens is 461 g/mol. The highest BCUT2D eigenvalue weighted by atomic mass is 19.4. The number of hydrogen-bond donors (Lipinski definition) is 0. The van der Waals surface area contributed by atoms with Gasteiger partial charge in [0.15, 0.2) is 0 Å². The maximum atomic E-state index is 13.4. The van der Waals surface area contributed by atoms with Gasteiger partial charge in [0.25, 0.3) is 5.56 Å². The van der Waals surface area contributed by atoms with Crippen LogP contribution in [0.25, 0.3) is 22.6 Å². The summed E-state index contributed by atoms with van der Waals surface area (Å²) in [4.78, 5) is 28.0. The van der Waals surface area contributed by atoms with Crippen molar-refractivity contribution in [3.05, 3.63) is 92.8 Å². The number of halogens is 3. The topological polar surface area (TPSA) is 88.8 Å². The normalized spacial score (nSPS) is 11.3. The summed E-state index contributed by atoms with van der Waals surface area (Å²) in [7, 11) is 4.44. The van der Waals surface area contributed by atoms with Crippen LogP contribution in [-0.4, -0.2) is 33.0 Å². The van der Waals surface area contributed by atoms with Crippen LogP contribution in [0, 0.1) is 11.3 Å². The van der Waals surface area contributed by atoms with E-state index in [0.29, 0.717) is 16.9 Å². The van der Waals surface area contributed by atoms with Crippen LogP contribution in [0.5, 0.6) is 0 Å². The minimum Gasteiger partial charge on any atom is -0.363 e. The zero-order chi connectivity index (χ0) is 25.5. The molecule has 0 bridgehead atoms. The van der Waals surface area contributed by atoms with E-state index in [1.807, 2.05) is 6.07 Å². The highest BCUT2D eigenvalue weighted by Gasteiger charge is 2.31. The fourth-order valence-corrected chi connectivity index (χ4v) is 3.78. The number of nitriles is 1. The maximum Gasteiger partial charge on any atom is 0.416 e. The van der Waals surface area contributed by atoms with Crippen LogP contribution < -0.4 is 16.1 Å². The molecule has 0 aliphatic carbocycles. The Morgan fingerprint density at radius 2 is 1.69 bits per heavy atom. The minimum absolute atomic E-state index is 0.0465. The molecule has 0 saturated heterocycles. The summed E-state index contributed by atoms with van der Waals surface area (Å²) in [5, 5.41) is 13.4. The van der Waals surface area contributed by atoms with Gasteiger partial charge in [-0.3, -0.25) is 9.36 Å². The second-order valence-electron chi connectivity index (χ2n) is 7.91. The molecule has 0 amide bonds. The Bertz CT molecular complexity index is 1570. The van der Waals surface area contributed by atoms with Crippen molar-refractivity contribution in [2.45, 2.75) is 6.18 Å². The number of hydrogen-bond acceptors (Lipinski definition) is 5. The number of anilines is 1. The average molecular weight is 480 g/mol. The first-order valence-electron chi connectivity index (χ1n) is 10.3. The summed E-state index contributed by atoms with van der Waals surface area (Å²) in [6, 6.07) is 14.4. The molecule has 0 spiro atoms. The van der Waals surface area contributed by atoms with E-state index < -0.39 is 23.0 Å². The molecule has 8 nitrogen and oxygen atoms in total. The van der Waals surface area contributed by atoms with Crippen molar-refractivity contribution in [2.24, 2.45) is 7.05 Å². The van der Waals surface area contributed by atoms with Crippen LogP contribution in [0.15, 0.2) is 70.4 Å². The van der Waals surface area contributed by atoms with Gasteiger partial charge in [0, 0.05) is 21.1 Å². The van der Waals surface area contributed by atoms with Crippen molar-refractivity contribution in [3.63, 3.8) is 0 Å².